The third-order valence-electron chi connectivity index (χ3n) is 2.51. The Labute approximate surface area is 137 Å². The van der Waals surface area contributed by atoms with Crippen molar-refractivity contribution in [1.29, 1.82) is 0 Å². The summed E-state index contributed by atoms with van der Waals surface area (Å²) < 4.78 is 59.2. The van der Waals surface area contributed by atoms with Crippen molar-refractivity contribution in [2.45, 2.75) is 30.3 Å². The zero-order valence-electron chi connectivity index (χ0n) is 12.6. The van der Waals surface area contributed by atoms with Gasteiger partial charge in [0.2, 0.25) is 10.0 Å². The number of alkyl halides is 3. The number of benzene rings is 1. The number of unbranched alkanes of at least 4 members (excludes halogenated alkanes) is 2. The smallest absolute Gasteiger partial charge is 0.490 e. The van der Waals surface area contributed by atoms with Gasteiger partial charge in [0.05, 0.1) is 11.5 Å². The second-order valence-corrected chi connectivity index (χ2v) is 6.08. The van der Waals surface area contributed by atoms with Crippen LogP contribution in [0.2, 0.25) is 0 Å². The normalized spacial score (nSPS) is 11.4. The second-order valence-electron chi connectivity index (χ2n) is 4.52. The van der Waals surface area contributed by atoms with Gasteiger partial charge in [0.25, 0.3) is 0 Å². The van der Waals surface area contributed by atoms with E-state index in [-0.39, 0.29) is 4.90 Å². The number of primary sulfonamides is 1. The zero-order chi connectivity index (χ0) is 18.8. The number of ether oxygens (including phenoxy) is 1. The van der Waals surface area contributed by atoms with Crippen molar-refractivity contribution in [2.75, 3.05) is 13.2 Å². The number of carboxylic acid groups (broad SMARTS) is 1. The predicted octanol–water partition coefficient (Wildman–Crippen LogP) is 1.48. The number of nitrogens with two attached hydrogens (primary N) is 2. The van der Waals surface area contributed by atoms with Crippen molar-refractivity contribution in [1.82, 2.24) is 0 Å². The Morgan fingerprint density at radius 2 is 1.62 bits per heavy atom. The minimum absolute atomic E-state index is 0.0907. The molecule has 0 fully saturated rings. The topological polar surface area (TPSA) is 133 Å². The van der Waals surface area contributed by atoms with Gasteiger partial charge < -0.3 is 15.6 Å². The Bertz CT molecular complexity index is 603. The van der Waals surface area contributed by atoms with Gasteiger partial charge in [-0.05, 0) is 50.1 Å². The van der Waals surface area contributed by atoms with Crippen LogP contribution in [0.1, 0.15) is 19.3 Å². The van der Waals surface area contributed by atoms with Gasteiger partial charge in [-0.25, -0.2) is 18.4 Å². The molecule has 0 saturated carbocycles. The maximum absolute atomic E-state index is 11.0. The molecule has 24 heavy (non-hydrogen) atoms. The second kappa shape index (κ2) is 10.1. The fourth-order valence-corrected chi connectivity index (χ4v) is 1.85. The number of carbonyl (C=O) groups is 1. The Morgan fingerprint density at radius 3 is 2.00 bits per heavy atom. The molecule has 138 valence electrons. The number of hydrogen-bond donors (Lipinski definition) is 3. The van der Waals surface area contributed by atoms with Gasteiger partial charge in [0, 0.05) is 0 Å². The summed E-state index contributed by atoms with van der Waals surface area (Å²) in [4.78, 5) is 8.99. The first-order valence-corrected chi connectivity index (χ1v) is 8.29. The van der Waals surface area contributed by atoms with Gasteiger partial charge in [-0.3, -0.25) is 0 Å². The average Bonchev–Trinajstić information content (AvgIpc) is 2.46. The van der Waals surface area contributed by atoms with Gasteiger partial charge in [-0.2, -0.15) is 13.2 Å². The molecule has 11 heteroatoms. The van der Waals surface area contributed by atoms with Gasteiger partial charge in [0.15, 0.2) is 0 Å². The number of halogens is 3. The van der Waals surface area contributed by atoms with Crippen LogP contribution in [-0.2, 0) is 14.8 Å². The summed E-state index contributed by atoms with van der Waals surface area (Å²) in [7, 11) is -3.62. The minimum Gasteiger partial charge on any atom is -0.494 e. The van der Waals surface area contributed by atoms with Gasteiger partial charge in [0.1, 0.15) is 5.75 Å². The lowest BCUT2D eigenvalue weighted by atomic mass is 10.2. The van der Waals surface area contributed by atoms with Crippen molar-refractivity contribution in [2.24, 2.45) is 10.9 Å². The van der Waals surface area contributed by atoms with Crippen LogP contribution in [0, 0.1) is 0 Å². The van der Waals surface area contributed by atoms with E-state index in [2.05, 4.69) is 0 Å². The molecule has 0 atom stereocenters. The quantitative estimate of drug-likeness (QED) is 0.621. The molecule has 0 unspecified atom stereocenters. The van der Waals surface area contributed by atoms with E-state index in [0.717, 1.165) is 19.3 Å². The Kier molecular flexibility index (Phi) is 9.33. The van der Waals surface area contributed by atoms with E-state index in [1.54, 1.807) is 12.1 Å². The van der Waals surface area contributed by atoms with Crippen LogP contribution in [0.25, 0.3) is 0 Å². The summed E-state index contributed by atoms with van der Waals surface area (Å²) >= 11 is 0. The lowest BCUT2D eigenvalue weighted by Gasteiger charge is -2.06. The molecule has 1 aromatic rings. The highest BCUT2D eigenvalue weighted by Crippen LogP contribution is 2.15. The summed E-state index contributed by atoms with van der Waals surface area (Å²) in [6.45, 7) is 1.30. The molecule has 0 spiro atoms. The number of rotatable bonds is 7. The molecule has 0 heterocycles. The van der Waals surface area contributed by atoms with Crippen LogP contribution in [0.15, 0.2) is 29.2 Å². The minimum atomic E-state index is -5.08. The molecular weight excluding hydrogens is 353 g/mol. The van der Waals surface area contributed by atoms with Gasteiger partial charge in [-0.1, -0.05) is 0 Å². The van der Waals surface area contributed by atoms with Crippen LogP contribution in [0.4, 0.5) is 13.2 Å². The monoisotopic (exact) mass is 372 g/mol. The molecule has 1 aromatic carbocycles. The molecule has 5 N–H and O–H groups in total. The molecule has 0 amide bonds. The molecule has 0 aliphatic carbocycles. The number of sulfonamides is 1. The molecule has 1 rings (SSSR count). The van der Waals surface area contributed by atoms with E-state index >= 15 is 0 Å². The Morgan fingerprint density at radius 1 is 1.12 bits per heavy atom. The molecule has 0 aliphatic heterocycles. The van der Waals surface area contributed by atoms with Crippen molar-refractivity contribution in [3.8, 4) is 5.75 Å². The molecule has 0 saturated heterocycles. The lowest BCUT2D eigenvalue weighted by Crippen LogP contribution is -2.21. The van der Waals surface area contributed by atoms with Crippen LogP contribution in [-0.4, -0.2) is 38.8 Å². The van der Waals surface area contributed by atoms with E-state index in [1.807, 2.05) is 0 Å². The van der Waals surface area contributed by atoms with Crippen LogP contribution in [0.5, 0.6) is 5.75 Å². The standard InChI is InChI=1S/C11H18N2O3S.C2HF3O2/c12-8-2-1-3-9-16-10-4-6-11(7-5-10)17(13,14)15;3-2(4,5)1(6)7/h4-7H,1-3,8-9,12H2,(H2,13,14,15);(H,6,7). The molecule has 0 aromatic heterocycles. The highest BCUT2D eigenvalue weighted by atomic mass is 32.2. The predicted molar refractivity (Wildman–Crippen MR) is 79.9 cm³/mol. The fourth-order valence-electron chi connectivity index (χ4n) is 1.34. The van der Waals surface area contributed by atoms with Crippen LogP contribution in [0.3, 0.4) is 0 Å². The summed E-state index contributed by atoms with van der Waals surface area (Å²) in [6, 6.07) is 6.07. The maximum Gasteiger partial charge on any atom is 0.490 e. The summed E-state index contributed by atoms with van der Waals surface area (Å²) in [5.41, 5.74) is 5.37. The first kappa shape index (κ1) is 22.1. The highest BCUT2D eigenvalue weighted by Gasteiger charge is 2.38. The Balaban J connectivity index is 0.000000640. The van der Waals surface area contributed by atoms with E-state index < -0.39 is 22.2 Å². The third kappa shape index (κ3) is 10.0. The molecule has 7 nitrogen and oxygen atoms in total. The molecule has 0 bridgehead atoms. The number of hydrogen-bond acceptors (Lipinski definition) is 5. The van der Waals surface area contributed by atoms with E-state index in [0.29, 0.717) is 18.9 Å². The molecule has 0 radical (unpaired) electrons. The van der Waals surface area contributed by atoms with E-state index in [4.69, 9.17) is 25.5 Å². The average molecular weight is 372 g/mol. The lowest BCUT2D eigenvalue weighted by molar-refractivity contribution is -0.192. The highest BCUT2D eigenvalue weighted by molar-refractivity contribution is 7.89. The van der Waals surface area contributed by atoms with Gasteiger partial charge >= 0.3 is 12.1 Å². The molecular formula is C13H19F3N2O5S. The number of carboxylic acids is 1. The van der Waals surface area contributed by atoms with E-state index in [9.17, 15) is 21.6 Å². The summed E-state index contributed by atoms with van der Waals surface area (Å²) in [6.07, 6.45) is -2.12. The van der Waals surface area contributed by atoms with Crippen molar-refractivity contribution in [3.63, 3.8) is 0 Å². The van der Waals surface area contributed by atoms with Crippen LogP contribution >= 0.6 is 0 Å². The SMILES string of the molecule is NCCCCCOc1ccc(S(N)(=O)=O)cc1.O=C(O)C(F)(F)F. The Hall–Kier alpha value is -1.85. The zero-order valence-corrected chi connectivity index (χ0v) is 13.4. The number of aliphatic carboxylic acids is 1. The van der Waals surface area contributed by atoms with Crippen molar-refractivity contribution in [3.05, 3.63) is 24.3 Å². The van der Waals surface area contributed by atoms with E-state index in [1.165, 1.54) is 12.1 Å². The summed E-state index contributed by atoms with van der Waals surface area (Å²) in [5, 5.41) is 12.1. The third-order valence-corrected chi connectivity index (χ3v) is 3.44. The maximum atomic E-state index is 11.0. The van der Waals surface area contributed by atoms with Crippen molar-refractivity contribution < 1.29 is 36.2 Å². The van der Waals surface area contributed by atoms with Crippen LogP contribution < -0.4 is 15.6 Å². The summed E-state index contributed by atoms with van der Waals surface area (Å²) in [5.74, 6) is -2.11. The van der Waals surface area contributed by atoms with Crippen molar-refractivity contribution >= 4 is 16.0 Å². The first-order valence-electron chi connectivity index (χ1n) is 6.74. The van der Waals surface area contributed by atoms with Gasteiger partial charge in [-0.15, -0.1) is 0 Å². The molecule has 0 aliphatic rings. The largest absolute Gasteiger partial charge is 0.494 e. The first-order chi connectivity index (χ1) is 11.0. The fraction of sp³-hybridized carbons (Fsp3) is 0.462.